The Balaban J connectivity index is 1.85. The highest BCUT2D eigenvalue weighted by Gasteiger charge is 2.30. The van der Waals surface area contributed by atoms with Gasteiger partial charge in [-0.3, -0.25) is 4.90 Å². The van der Waals surface area contributed by atoms with Crippen molar-refractivity contribution in [3.63, 3.8) is 0 Å². The molecule has 0 spiro atoms. The van der Waals surface area contributed by atoms with Gasteiger partial charge in [-0.15, -0.1) is 0 Å². The fourth-order valence-electron chi connectivity index (χ4n) is 2.12. The Bertz CT molecular complexity index is 403. The molecule has 0 amide bonds. The third-order valence-corrected chi connectivity index (χ3v) is 3.73. The highest BCUT2D eigenvalue weighted by Crippen LogP contribution is 2.29. The summed E-state index contributed by atoms with van der Waals surface area (Å²) in [6.45, 7) is 6.04. The summed E-state index contributed by atoms with van der Waals surface area (Å²) < 4.78 is 5.72. The Morgan fingerprint density at radius 2 is 2.06 bits per heavy atom. The minimum atomic E-state index is 0.566. The maximum absolute atomic E-state index is 6.05. The van der Waals surface area contributed by atoms with Crippen LogP contribution in [0.25, 0.3) is 0 Å². The smallest absolute Gasteiger partial charge is 0.139 e. The van der Waals surface area contributed by atoms with Crippen molar-refractivity contribution in [2.45, 2.75) is 38.8 Å². The SMILES string of the molecule is CC(C)N(CCOc1cc(Cl)ccc1Cl)C1CC1. The van der Waals surface area contributed by atoms with E-state index < -0.39 is 0 Å². The highest BCUT2D eigenvalue weighted by atomic mass is 35.5. The Morgan fingerprint density at radius 1 is 1.33 bits per heavy atom. The topological polar surface area (TPSA) is 12.5 Å². The Kier molecular flexibility index (Phi) is 4.77. The van der Waals surface area contributed by atoms with E-state index in [-0.39, 0.29) is 0 Å². The number of ether oxygens (including phenoxy) is 1. The molecule has 0 N–H and O–H groups in total. The summed E-state index contributed by atoms with van der Waals surface area (Å²) in [6, 6.07) is 6.61. The maximum Gasteiger partial charge on any atom is 0.139 e. The van der Waals surface area contributed by atoms with Crippen LogP contribution in [0.2, 0.25) is 10.0 Å². The Labute approximate surface area is 119 Å². The first kappa shape index (κ1) is 14.0. The molecule has 4 heteroatoms. The summed E-state index contributed by atoms with van der Waals surface area (Å²) in [4.78, 5) is 2.48. The Hall–Kier alpha value is -0.440. The van der Waals surface area contributed by atoms with Gasteiger partial charge in [0.2, 0.25) is 0 Å². The van der Waals surface area contributed by atoms with Crippen LogP contribution in [0.15, 0.2) is 18.2 Å². The van der Waals surface area contributed by atoms with Crippen LogP contribution < -0.4 is 4.74 Å². The van der Waals surface area contributed by atoms with Crippen molar-refractivity contribution in [3.05, 3.63) is 28.2 Å². The number of benzene rings is 1. The fourth-order valence-corrected chi connectivity index (χ4v) is 2.45. The van der Waals surface area contributed by atoms with Gasteiger partial charge in [0.1, 0.15) is 12.4 Å². The van der Waals surface area contributed by atoms with Gasteiger partial charge in [0.15, 0.2) is 0 Å². The van der Waals surface area contributed by atoms with Crippen molar-refractivity contribution in [2.75, 3.05) is 13.2 Å². The van der Waals surface area contributed by atoms with E-state index in [9.17, 15) is 0 Å². The van der Waals surface area contributed by atoms with Gasteiger partial charge in [-0.1, -0.05) is 23.2 Å². The lowest BCUT2D eigenvalue weighted by atomic mass is 10.3. The summed E-state index contributed by atoms with van der Waals surface area (Å²) in [5.74, 6) is 0.670. The van der Waals surface area contributed by atoms with Crippen LogP contribution in [-0.2, 0) is 0 Å². The van der Waals surface area contributed by atoms with Crippen molar-refractivity contribution in [1.29, 1.82) is 0 Å². The second kappa shape index (κ2) is 6.14. The quantitative estimate of drug-likeness (QED) is 0.776. The lowest BCUT2D eigenvalue weighted by molar-refractivity contribution is 0.168. The molecule has 0 saturated heterocycles. The summed E-state index contributed by atoms with van der Waals surface area (Å²) in [6.07, 6.45) is 2.63. The molecule has 0 radical (unpaired) electrons. The number of rotatable bonds is 6. The number of nitrogens with zero attached hydrogens (tertiary/aromatic N) is 1. The molecule has 0 unspecified atom stereocenters. The second-order valence-corrected chi connectivity index (χ2v) is 5.83. The average Bonchev–Trinajstić information content (AvgIpc) is 3.12. The molecule has 100 valence electrons. The van der Waals surface area contributed by atoms with Crippen molar-refractivity contribution in [2.24, 2.45) is 0 Å². The molecule has 1 aromatic rings. The maximum atomic E-state index is 6.05. The van der Waals surface area contributed by atoms with Crippen molar-refractivity contribution in [3.8, 4) is 5.75 Å². The van der Waals surface area contributed by atoms with Crippen molar-refractivity contribution >= 4 is 23.2 Å². The minimum absolute atomic E-state index is 0.566. The minimum Gasteiger partial charge on any atom is -0.491 e. The van der Waals surface area contributed by atoms with E-state index >= 15 is 0 Å². The Morgan fingerprint density at radius 3 is 2.67 bits per heavy atom. The summed E-state index contributed by atoms with van der Waals surface area (Å²) in [7, 11) is 0. The van der Waals surface area contributed by atoms with Gasteiger partial charge in [0, 0.05) is 29.7 Å². The molecule has 1 aliphatic carbocycles. The first-order valence-electron chi connectivity index (χ1n) is 6.41. The molecule has 1 aliphatic rings. The van der Waals surface area contributed by atoms with Gasteiger partial charge >= 0.3 is 0 Å². The molecule has 1 fully saturated rings. The van der Waals surface area contributed by atoms with Crippen LogP contribution in [0.1, 0.15) is 26.7 Å². The molecule has 0 atom stereocenters. The van der Waals surface area contributed by atoms with Gasteiger partial charge in [0.05, 0.1) is 5.02 Å². The van der Waals surface area contributed by atoms with Crippen LogP contribution in [0.4, 0.5) is 0 Å². The molecule has 1 aromatic carbocycles. The molecular formula is C14H19Cl2NO. The standard InChI is InChI=1S/C14H19Cl2NO/c1-10(2)17(12-4-5-12)7-8-18-14-9-11(15)3-6-13(14)16/h3,6,9-10,12H,4-5,7-8H2,1-2H3. The largest absolute Gasteiger partial charge is 0.491 e. The lowest BCUT2D eigenvalue weighted by Crippen LogP contribution is -2.36. The van der Waals surface area contributed by atoms with Gasteiger partial charge in [-0.05, 0) is 38.8 Å². The molecule has 0 aliphatic heterocycles. The summed E-state index contributed by atoms with van der Waals surface area (Å²) in [5.41, 5.74) is 0. The molecule has 0 bridgehead atoms. The third-order valence-electron chi connectivity index (χ3n) is 3.18. The summed E-state index contributed by atoms with van der Waals surface area (Å²) in [5, 5.41) is 1.26. The number of hydrogen-bond acceptors (Lipinski definition) is 2. The molecule has 0 heterocycles. The first-order chi connectivity index (χ1) is 8.58. The highest BCUT2D eigenvalue weighted by molar-refractivity contribution is 6.34. The lowest BCUT2D eigenvalue weighted by Gasteiger charge is -2.26. The van der Waals surface area contributed by atoms with Gasteiger partial charge in [-0.25, -0.2) is 0 Å². The van der Waals surface area contributed by atoms with Crippen LogP contribution in [0, 0.1) is 0 Å². The molecule has 2 rings (SSSR count). The van der Waals surface area contributed by atoms with E-state index in [1.807, 2.05) is 0 Å². The zero-order valence-electron chi connectivity index (χ0n) is 10.8. The number of hydrogen-bond donors (Lipinski definition) is 0. The zero-order valence-corrected chi connectivity index (χ0v) is 12.3. The van der Waals surface area contributed by atoms with Crippen molar-refractivity contribution < 1.29 is 4.74 Å². The monoisotopic (exact) mass is 287 g/mol. The molecule has 2 nitrogen and oxygen atoms in total. The summed E-state index contributed by atoms with van der Waals surface area (Å²) >= 11 is 12.0. The third kappa shape index (κ3) is 3.78. The van der Waals surface area contributed by atoms with Crippen LogP contribution in [0.5, 0.6) is 5.75 Å². The average molecular weight is 288 g/mol. The predicted molar refractivity (Wildman–Crippen MR) is 76.8 cm³/mol. The first-order valence-corrected chi connectivity index (χ1v) is 7.17. The molecule has 0 aromatic heterocycles. The van der Waals surface area contributed by atoms with E-state index in [0.29, 0.717) is 28.4 Å². The molecule has 1 saturated carbocycles. The van der Waals surface area contributed by atoms with E-state index in [1.54, 1.807) is 18.2 Å². The molecule has 18 heavy (non-hydrogen) atoms. The predicted octanol–water partition coefficient (Wildman–Crippen LogP) is 4.25. The van der Waals surface area contributed by atoms with Gasteiger partial charge < -0.3 is 4.74 Å². The van der Waals surface area contributed by atoms with Crippen LogP contribution in [-0.4, -0.2) is 30.1 Å². The van der Waals surface area contributed by atoms with Gasteiger partial charge in [-0.2, -0.15) is 0 Å². The zero-order chi connectivity index (χ0) is 13.1. The fraction of sp³-hybridized carbons (Fsp3) is 0.571. The van der Waals surface area contributed by atoms with E-state index in [0.717, 1.165) is 12.6 Å². The second-order valence-electron chi connectivity index (χ2n) is 4.99. The van der Waals surface area contributed by atoms with Crippen LogP contribution in [0.3, 0.4) is 0 Å². The van der Waals surface area contributed by atoms with E-state index in [2.05, 4.69) is 18.7 Å². The van der Waals surface area contributed by atoms with Gasteiger partial charge in [0.25, 0.3) is 0 Å². The number of halogens is 2. The van der Waals surface area contributed by atoms with E-state index in [1.165, 1.54) is 12.8 Å². The van der Waals surface area contributed by atoms with E-state index in [4.69, 9.17) is 27.9 Å². The van der Waals surface area contributed by atoms with Crippen molar-refractivity contribution in [1.82, 2.24) is 4.90 Å². The van der Waals surface area contributed by atoms with Crippen LogP contribution >= 0.6 is 23.2 Å². The normalized spacial score (nSPS) is 15.4. The molecular weight excluding hydrogens is 269 g/mol.